The molecule has 2 fully saturated rings. The number of halogens is 2. The van der Waals surface area contributed by atoms with Crippen LogP contribution in [0.25, 0.3) is 0 Å². The van der Waals surface area contributed by atoms with Crippen LogP contribution in [0.5, 0.6) is 0 Å². The summed E-state index contributed by atoms with van der Waals surface area (Å²) in [6, 6.07) is 6.02. The first-order valence-corrected chi connectivity index (χ1v) is 9.11. The Balaban J connectivity index is 1.63. The molecule has 0 aromatic heterocycles. The summed E-state index contributed by atoms with van der Waals surface area (Å²) in [6.45, 7) is 0. The number of hydrogen-bond donors (Lipinski definition) is 2. The van der Waals surface area contributed by atoms with E-state index in [0.29, 0.717) is 11.1 Å². The van der Waals surface area contributed by atoms with Gasteiger partial charge in [-0.1, -0.05) is 24.4 Å². The zero-order valence-corrected chi connectivity index (χ0v) is 14.8. The van der Waals surface area contributed by atoms with E-state index < -0.39 is 0 Å². The van der Waals surface area contributed by atoms with Gasteiger partial charge in [0.2, 0.25) is 5.91 Å². The van der Waals surface area contributed by atoms with Gasteiger partial charge in [-0.05, 0) is 72.4 Å². The fraction of sp³-hybridized carbons (Fsp3) is 0.562. The lowest BCUT2D eigenvalue weighted by Crippen LogP contribution is -2.53. The van der Waals surface area contributed by atoms with E-state index in [9.17, 15) is 4.79 Å². The first kappa shape index (κ1) is 15.6. The minimum absolute atomic E-state index is 0.0594. The summed E-state index contributed by atoms with van der Waals surface area (Å²) in [4.78, 5) is 12.5. The zero-order chi connectivity index (χ0) is 14.8. The van der Waals surface area contributed by atoms with Crippen molar-refractivity contribution in [3.05, 3.63) is 26.8 Å². The average molecular weight is 419 g/mol. The summed E-state index contributed by atoms with van der Waals surface area (Å²) in [5, 5.41) is 7.29. The molecule has 2 N–H and O–H groups in total. The van der Waals surface area contributed by atoms with Crippen molar-refractivity contribution in [2.24, 2.45) is 5.92 Å². The van der Waals surface area contributed by atoms with Crippen molar-refractivity contribution in [1.29, 1.82) is 0 Å². The van der Waals surface area contributed by atoms with Gasteiger partial charge in [0.15, 0.2) is 0 Å². The van der Waals surface area contributed by atoms with Crippen LogP contribution in [0, 0.1) is 9.49 Å². The van der Waals surface area contributed by atoms with Crippen LogP contribution in [0.1, 0.15) is 38.5 Å². The topological polar surface area (TPSA) is 41.1 Å². The summed E-state index contributed by atoms with van der Waals surface area (Å²) < 4.78 is 0.972. The van der Waals surface area contributed by atoms with Crippen LogP contribution in [0.2, 0.25) is 5.02 Å². The van der Waals surface area contributed by atoms with E-state index in [4.69, 9.17) is 11.6 Å². The van der Waals surface area contributed by atoms with Gasteiger partial charge in [0.25, 0.3) is 0 Å². The van der Waals surface area contributed by atoms with Crippen molar-refractivity contribution in [2.45, 2.75) is 50.6 Å². The monoisotopic (exact) mass is 418 g/mol. The van der Waals surface area contributed by atoms with Crippen LogP contribution in [-0.4, -0.2) is 18.0 Å². The Labute approximate surface area is 144 Å². The van der Waals surface area contributed by atoms with E-state index >= 15 is 0 Å². The zero-order valence-electron chi connectivity index (χ0n) is 11.9. The van der Waals surface area contributed by atoms with Crippen LogP contribution < -0.4 is 10.6 Å². The number of piperidine rings is 1. The SMILES string of the molecule is O=C(Nc1ccc(Cl)cc1I)C1CCC2CCCCC2N1. The van der Waals surface area contributed by atoms with Gasteiger partial charge in [-0.25, -0.2) is 0 Å². The molecule has 0 bridgehead atoms. The lowest BCUT2D eigenvalue weighted by Gasteiger charge is -2.39. The molecule has 1 saturated heterocycles. The van der Waals surface area contributed by atoms with Gasteiger partial charge in [-0.3, -0.25) is 4.79 Å². The molecule has 5 heteroatoms. The second-order valence-electron chi connectivity index (χ2n) is 6.06. The van der Waals surface area contributed by atoms with Gasteiger partial charge in [-0.2, -0.15) is 0 Å². The molecule has 1 aliphatic carbocycles. The molecule has 1 aromatic carbocycles. The number of hydrogen-bond acceptors (Lipinski definition) is 2. The van der Waals surface area contributed by atoms with Crippen molar-refractivity contribution in [1.82, 2.24) is 5.32 Å². The molecule has 1 heterocycles. The number of carbonyl (C=O) groups is 1. The van der Waals surface area contributed by atoms with Crippen molar-refractivity contribution >= 4 is 45.8 Å². The predicted octanol–water partition coefficient (Wildman–Crippen LogP) is 4.19. The van der Waals surface area contributed by atoms with Gasteiger partial charge < -0.3 is 10.6 Å². The number of rotatable bonds is 2. The molecule has 21 heavy (non-hydrogen) atoms. The number of anilines is 1. The Bertz CT molecular complexity index is 537. The van der Waals surface area contributed by atoms with E-state index in [1.807, 2.05) is 18.2 Å². The molecule has 1 amide bonds. The molecule has 3 nitrogen and oxygen atoms in total. The van der Waals surface area contributed by atoms with Gasteiger partial charge in [-0.15, -0.1) is 0 Å². The normalized spacial score (nSPS) is 28.8. The van der Waals surface area contributed by atoms with Crippen LogP contribution in [0.3, 0.4) is 0 Å². The summed E-state index contributed by atoms with van der Waals surface area (Å²) in [6.07, 6.45) is 7.29. The van der Waals surface area contributed by atoms with Crippen LogP contribution >= 0.6 is 34.2 Å². The maximum Gasteiger partial charge on any atom is 0.241 e. The standard InChI is InChI=1S/C16H20ClIN2O/c17-11-6-8-14(12(18)9-11)20-16(21)15-7-5-10-3-1-2-4-13(10)19-15/h6,8-10,13,15,19H,1-5,7H2,(H,20,21). The molecule has 2 aliphatic rings. The molecular weight excluding hydrogens is 399 g/mol. The highest BCUT2D eigenvalue weighted by Gasteiger charge is 2.34. The maximum atomic E-state index is 12.5. The first-order chi connectivity index (χ1) is 10.1. The Hall–Kier alpha value is -0.330. The van der Waals surface area contributed by atoms with Crippen molar-refractivity contribution in [3.8, 4) is 0 Å². The molecule has 3 atom stereocenters. The molecular formula is C16H20ClIN2O. The Morgan fingerprint density at radius 2 is 2.05 bits per heavy atom. The number of amides is 1. The van der Waals surface area contributed by atoms with Crippen molar-refractivity contribution in [3.63, 3.8) is 0 Å². The fourth-order valence-corrected chi connectivity index (χ4v) is 4.52. The second kappa shape index (κ2) is 6.84. The van der Waals surface area contributed by atoms with Gasteiger partial charge in [0, 0.05) is 14.6 Å². The number of carbonyl (C=O) groups excluding carboxylic acids is 1. The molecule has 3 rings (SSSR count). The lowest BCUT2D eigenvalue weighted by atomic mass is 9.77. The highest BCUT2D eigenvalue weighted by Crippen LogP contribution is 2.32. The summed E-state index contributed by atoms with van der Waals surface area (Å²) in [5.41, 5.74) is 0.845. The third kappa shape index (κ3) is 3.71. The number of benzene rings is 1. The molecule has 114 valence electrons. The van der Waals surface area contributed by atoms with Gasteiger partial charge in [0.05, 0.1) is 11.7 Å². The van der Waals surface area contributed by atoms with Crippen molar-refractivity contribution in [2.75, 3.05) is 5.32 Å². The smallest absolute Gasteiger partial charge is 0.241 e. The largest absolute Gasteiger partial charge is 0.324 e. The van der Waals surface area contributed by atoms with E-state index in [2.05, 4.69) is 33.2 Å². The summed E-state index contributed by atoms with van der Waals surface area (Å²) in [7, 11) is 0. The Kier molecular flexibility index (Phi) is 5.07. The minimum atomic E-state index is -0.0594. The fourth-order valence-electron chi connectivity index (χ4n) is 3.51. The van der Waals surface area contributed by atoms with Crippen molar-refractivity contribution < 1.29 is 4.79 Å². The molecule has 1 saturated carbocycles. The molecule has 1 aliphatic heterocycles. The first-order valence-electron chi connectivity index (χ1n) is 7.65. The molecule has 0 radical (unpaired) electrons. The third-order valence-electron chi connectivity index (χ3n) is 4.66. The molecule has 0 spiro atoms. The second-order valence-corrected chi connectivity index (χ2v) is 7.66. The molecule has 3 unspecified atom stereocenters. The van der Waals surface area contributed by atoms with Gasteiger partial charge >= 0.3 is 0 Å². The highest BCUT2D eigenvalue weighted by molar-refractivity contribution is 14.1. The van der Waals surface area contributed by atoms with E-state index in [0.717, 1.165) is 21.6 Å². The van der Waals surface area contributed by atoms with Crippen LogP contribution in [-0.2, 0) is 4.79 Å². The average Bonchev–Trinajstić information content (AvgIpc) is 2.49. The van der Waals surface area contributed by atoms with Gasteiger partial charge in [0.1, 0.15) is 0 Å². The number of nitrogens with one attached hydrogen (secondary N) is 2. The number of fused-ring (bicyclic) bond motifs is 1. The van der Waals surface area contributed by atoms with E-state index in [1.165, 1.54) is 32.1 Å². The third-order valence-corrected chi connectivity index (χ3v) is 5.78. The quantitative estimate of drug-likeness (QED) is 0.707. The summed E-state index contributed by atoms with van der Waals surface area (Å²) in [5.74, 6) is 0.859. The Morgan fingerprint density at radius 3 is 2.86 bits per heavy atom. The minimum Gasteiger partial charge on any atom is -0.324 e. The van der Waals surface area contributed by atoms with Crippen LogP contribution in [0.15, 0.2) is 18.2 Å². The van der Waals surface area contributed by atoms with Crippen LogP contribution in [0.4, 0.5) is 5.69 Å². The van der Waals surface area contributed by atoms with E-state index in [1.54, 1.807) is 0 Å². The Morgan fingerprint density at radius 1 is 1.24 bits per heavy atom. The van der Waals surface area contributed by atoms with E-state index in [-0.39, 0.29) is 11.9 Å². The highest BCUT2D eigenvalue weighted by atomic mass is 127. The summed E-state index contributed by atoms with van der Waals surface area (Å²) >= 11 is 8.15. The molecule has 1 aromatic rings. The maximum absolute atomic E-state index is 12.5. The lowest BCUT2D eigenvalue weighted by molar-refractivity contribution is -0.119. The predicted molar refractivity (Wildman–Crippen MR) is 94.7 cm³/mol.